The minimum atomic E-state index is -0.400. The molecule has 0 amide bonds. The molecule has 196 valence electrons. The van der Waals surface area contributed by atoms with Gasteiger partial charge in [-0.2, -0.15) is 0 Å². The SMILES string of the molecule is CC1(C)OB(c2ccc(N(C3=C=C=C(c4ccccc4)C=C3)c3ccc(-c4ccccc4)cc3)cc2)OC1(C)C. The van der Waals surface area contributed by atoms with Crippen LogP contribution in [0.3, 0.4) is 0 Å². The molecule has 0 radical (unpaired) electrons. The van der Waals surface area contributed by atoms with Gasteiger partial charge >= 0.3 is 7.12 Å². The lowest BCUT2D eigenvalue weighted by atomic mass is 9.79. The van der Waals surface area contributed by atoms with Gasteiger partial charge in [0.2, 0.25) is 0 Å². The first-order valence-electron chi connectivity index (χ1n) is 13.7. The normalized spacial score (nSPS) is 16.9. The average Bonchev–Trinajstić information content (AvgIpc) is 3.21. The predicted molar refractivity (Wildman–Crippen MR) is 166 cm³/mol. The Morgan fingerprint density at radius 2 is 1.05 bits per heavy atom. The Labute approximate surface area is 237 Å². The molecule has 4 aromatic carbocycles. The highest BCUT2D eigenvalue weighted by Crippen LogP contribution is 2.37. The molecule has 0 saturated carbocycles. The van der Waals surface area contributed by atoms with Crippen molar-refractivity contribution in [2.75, 3.05) is 4.90 Å². The maximum absolute atomic E-state index is 6.28. The van der Waals surface area contributed by atoms with E-state index in [1.165, 1.54) is 11.1 Å². The molecule has 1 fully saturated rings. The Kier molecular flexibility index (Phi) is 6.72. The lowest BCUT2D eigenvalue weighted by Crippen LogP contribution is -2.41. The van der Waals surface area contributed by atoms with E-state index in [0.29, 0.717) is 0 Å². The van der Waals surface area contributed by atoms with Crippen molar-refractivity contribution in [3.8, 4) is 11.1 Å². The molecule has 1 saturated heterocycles. The highest BCUT2D eigenvalue weighted by Gasteiger charge is 2.51. The summed E-state index contributed by atoms with van der Waals surface area (Å²) < 4.78 is 12.6. The largest absolute Gasteiger partial charge is 0.494 e. The summed E-state index contributed by atoms with van der Waals surface area (Å²) in [7, 11) is -0.400. The fraction of sp³-hybridized carbons (Fsp3) is 0.167. The van der Waals surface area contributed by atoms with Crippen LogP contribution in [-0.4, -0.2) is 18.3 Å². The number of hydrogen-bond acceptors (Lipinski definition) is 3. The van der Waals surface area contributed by atoms with Crippen LogP contribution in [0.15, 0.2) is 139 Å². The second-order valence-corrected chi connectivity index (χ2v) is 11.2. The summed E-state index contributed by atoms with van der Waals surface area (Å²) in [6.07, 6.45) is 4.21. The lowest BCUT2D eigenvalue weighted by Gasteiger charge is -2.32. The molecule has 0 atom stereocenters. The van der Waals surface area contributed by atoms with E-state index >= 15 is 0 Å². The third-order valence-corrected chi connectivity index (χ3v) is 7.97. The lowest BCUT2D eigenvalue weighted by molar-refractivity contribution is 0.00578. The molecular formula is C36H32BNO2. The van der Waals surface area contributed by atoms with Gasteiger partial charge in [-0.25, -0.2) is 0 Å². The highest BCUT2D eigenvalue weighted by molar-refractivity contribution is 6.62. The Hall–Kier alpha value is -4.30. The molecule has 0 unspecified atom stereocenters. The van der Waals surface area contributed by atoms with E-state index < -0.39 is 7.12 Å². The second kappa shape index (κ2) is 10.4. The Morgan fingerprint density at radius 1 is 0.550 bits per heavy atom. The Bertz CT molecular complexity index is 1620. The fourth-order valence-electron chi connectivity index (χ4n) is 4.91. The molecule has 4 heteroatoms. The van der Waals surface area contributed by atoms with Crippen molar-refractivity contribution < 1.29 is 9.31 Å². The maximum atomic E-state index is 6.28. The third kappa shape index (κ3) is 5.02. The van der Waals surface area contributed by atoms with Gasteiger partial charge in [0.05, 0.1) is 16.9 Å². The van der Waals surface area contributed by atoms with Gasteiger partial charge in [-0.1, -0.05) is 90.7 Å². The van der Waals surface area contributed by atoms with Gasteiger partial charge in [-0.05, 0) is 92.0 Å². The number of nitrogens with zero attached hydrogens (tertiary/aromatic N) is 1. The molecule has 1 aliphatic heterocycles. The highest BCUT2D eigenvalue weighted by atomic mass is 16.7. The quantitative estimate of drug-likeness (QED) is 0.189. The zero-order valence-corrected chi connectivity index (χ0v) is 23.4. The molecule has 3 nitrogen and oxygen atoms in total. The standard InChI is InChI=1S/C36H32BNO2/c1-35(2)36(3,4)40-37(39-35)31-19-25-34(26-20-31)38(32-21-15-29(16-22-32)27-11-7-5-8-12-27)33-23-17-30(18-24-33)28-13-9-6-10-14-28/h5-17,19-23,25-26H,1-4H3. The summed E-state index contributed by atoms with van der Waals surface area (Å²) >= 11 is 0. The zero-order valence-electron chi connectivity index (χ0n) is 23.4. The molecule has 0 bridgehead atoms. The zero-order chi connectivity index (χ0) is 27.7. The van der Waals surface area contributed by atoms with Crippen LogP contribution in [0.1, 0.15) is 33.3 Å². The van der Waals surface area contributed by atoms with Crippen LogP contribution in [0.4, 0.5) is 11.4 Å². The summed E-state index contributed by atoms with van der Waals surface area (Å²) in [5, 5.41) is 0. The van der Waals surface area contributed by atoms with Gasteiger partial charge in [0.1, 0.15) is 0 Å². The van der Waals surface area contributed by atoms with E-state index in [0.717, 1.165) is 33.7 Å². The van der Waals surface area contributed by atoms with Crippen molar-refractivity contribution in [1.29, 1.82) is 0 Å². The first-order chi connectivity index (χ1) is 19.3. The third-order valence-electron chi connectivity index (χ3n) is 7.97. The minimum Gasteiger partial charge on any atom is -0.399 e. The number of anilines is 2. The van der Waals surface area contributed by atoms with Crippen LogP contribution < -0.4 is 10.4 Å². The van der Waals surface area contributed by atoms with Crippen LogP contribution in [0.2, 0.25) is 0 Å². The van der Waals surface area contributed by atoms with Crippen LogP contribution in [0, 0.1) is 0 Å². The van der Waals surface area contributed by atoms with Gasteiger partial charge in [-0.15, -0.1) is 0 Å². The average molecular weight is 521 g/mol. The van der Waals surface area contributed by atoms with E-state index in [2.05, 4.69) is 141 Å². The van der Waals surface area contributed by atoms with Crippen molar-refractivity contribution >= 4 is 29.5 Å². The topological polar surface area (TPSA) is 21.7 Å². The van der Waals surface area contributed by atoms with Crippen molar-refractivity contribution in [2.45, 2.75) is 38.9 Å². The smallest absolute Gasteiger partial charge is 0.399 e. The Balaban J connectivity index is 1.38. The van der Waals surface area contributed by atoms with Gasteiger partial charge in [-0.3, -0.25) is 0 Å². The van der Waals surface area contributed by atoms with Crippen molar-refractivity contribution in [3.05, 3.63) is 144 Å². The molecule has 40 heavy (non-hydrogen) atoms. The van der Waals surface area contributed by atoms with E-state index in [1.807, 2.05) is 24.3 Å². The monoisotopic (exact) mass is 521 g/mol. The van der Waals surface area contributed by atoms with Crippen LogP contribution in [0.25, 0.3) is 16.7 Å². The fourth-order valence-corrected chi connectivity index (χ4v) is 4.91. The second-order valence-electron chi connectivity index (χ2n) is 11.2. The van der Waals surface area contributed by atoms with E-state index in [4.69, 9.17) is 9.31 Å². The summed E-state index contributed by atoms with van der Waals surface area (Å²) in [5.74, 6) is 0. The van der Waals surface area contributed by atoms with Crippen LogP contribution in [0.5, 0.6) is 0 Å². The summed E-state index contributed by atoms with van der Waals surface area (Å²) in [4.78, 5) is 2.20. The van der Waals surface area contributed by atoms with Crippen molar-refractivity contribution in [2.24, 2.45) is 0 Å². The summed E-state index contributed by atoms with van der Waals surface area (Å²) in [6, 6.07) is 37.8. The van der Waals surface area contributed by atoms with Gasteiger partial charge in [0.15, 0.2) is 0 Å². The number of allylic oxidation sites excluding steroid dienone is 3. The summed E-state index contributed by atoms with van der Waals surface area (Å²) in [6.45, 7) is 8.31. The first-order valence-corrected chi connectivity index (χ1v) is 13.7. The van der Waals surface area contributed by atoms with Crippen LogP contribution >= 0.6 is 0 Å². The van der Waals surface area contributed by atoms with Gasteiger partial charge in [0, 0.05) is 16.9 Å². The molecule has 4 aromatic rings. The number of hydrogen-bond donors (Lipinski definition) is 0. The number of rotatable bonds is 6. The van der Waals surface area contributed by atoms with Crippen LogP contribution in [-0.2, 0) is 9.31 Å². The predicted octanol–water partition coefficient (Wildman–Crippen LogP) is 8.08. The molecule has 6 rings (SSSR count). The number of benzene rings is 4. The van der Waals surface area contributed by atoms with Gasteiger partial charge in [0.25, 0.3) is 0 Å². The van der Waals surface area contributed by atoms with Crippen molar-refractivity contribution in [3.63, 3.8) is 0 Å². The molecular weight excluding hydrogens is 489 g/mol. The van der Waals surface area contributed by atoms with Crippen molar-refractivity contribution in [1.82, 2.24) is 0 Å². The molecule has 1 heterocycles. The molecule has 2 aliphatic rings. The Morgan fingerprint density at radius 3 is 1.57 bits per heavy atom. The maximum Gasteiger partial charge on any atom is 0.494 e. The van der Waals surface area contributed by atoms with E-state index in [-0.39, 0.29) is 11.2 Å². The molecule has 1 aliphatic carbocycles. The van der Waals surface area contributed by atoms with E-state index in [9.17, 15) is 0 Å². The van der Waals surface area contributed by atoms with E-state index in [1.54, 1.807) is 0 Å². The molecule has 0 spiro atoms. The first kappa shape index (κ1) is 26.0. The molecule has 0 aromatic heterocycles. The molecule has 0 N–H and O–H groups in total. The summed E-state index contributed by atoms with van der Waals surface area (Å²) in [5.41, 5.74) is 14.5. The van der Waals surface area contributed by atoms with Gasteiger partial charge < -0.3 is 14.2 Å². The minimum absolute atomic E-state index is 0.381.